The SMILES string of the molecule is CC(=N)OC(=N)c1cccc(N2C=CC(N(C(=O)c3cccs3)C3CCN(C)CC3)N2C)c1. The number of carbonyl (C=O) groups is 1. The van der Waals surface area contributed by atoms with Gasteiger partial charge >= 0.3 is 0 Å². The number of nitrogens with zero attached hydrogens (tertiary/aromatic N) is 4. The number of rotatable bonds is 5. The number of likely N-dealkylation sites (N-methyl/N-ethyl adjacent to an activating group) is 1. The Morgan fingerprint density at radius 2 is 1.91 bits per heavy atom. The second-order valence-corrected chi connectivity index (χ2v) is 9.38. The van der Waals surface area contributed by atoms with Gasteiger partial charge in [-0.3, -0.25) is 20.6 Å². The van der Waals surface area contributed by atoms with E-state index in [0.29, 0.717) is 5.56 Å². The van der Waals surface area contributed by atoms with E-state index in [9.17, 15) is 4.79 Å². The average Bonchev–Trinajstić information content (AvgIpc) is 3.46. The fourth-order valence-corrected chi connectivity index (χ4v) is 5.03. The van der Waals surface area contributed by atoms with E-state index in [4.69, 9.17) is 15.6 Å². The molecular weight excluding hydrogens is 436 g/mol. The highest BCUT2D eigenvalue weighted by Crippen LogP contribution is 2.30. The molecule has 2 aliphatic heterocycles. The van der Waals surface area contributed by atoms with Gasteiger partial charge in [-0.1, -0.05) is 12.1 Å². The molecule has 1 unspecified atom stereocenters. The van der Waals surface area contributed by atoms with Gasteiger partial charge in [0.2, 0.25) is 5.90 Å². The summed E-state index contributed by atoms with van der Waals surface area (Å²) >= 11 is 1.48. The molecular formula is C24H30N6O2S. The molecule has 1 atom stereocenters. The summed E-state index contributed by atoms with van der Waals surface area (Å²) in [6.07, 6.45) is 5.70. The lowest BCUT2D eigenvalue weighted by molar-refractivity contribution is 0.0279. The van der Waals surface area contributed by atoms with Crippen LogP contribution in [0.5, 0.6) is 0 Å². The largest absolute Gasteiger partial charge is 0.426 e. The Bertz CT molecular complexity index is 1040. The summed E-state index contributed by atoms with van der Waals surface area (Å²) in [5.74, 6) is -0.0228. The molecule has 1 aromatic carbocycles. The highest BCUT2D eigenvalue weighted by atomic mass is 32.1. The van der Waals surface area contributed by atoms with Crippen molar-refractivity contribution in [3.63, 3.8) is 0 Å². The van der Waals surface area contributed by atoms with Gasteiger partial charge in [0.15, 0.2) is 5.90 Å². The normalized spacial score (nSPS) is 19.6. The van der Waals surface area contributed by atoms with Crippen molar-refractivity contribution in [2.45, 2.75) is 32.0 Å². The molecule has 33 heavy (non-hydrogen) atoms. The van der Waals surface area contributed by atoms with Gasteiger partial charge in [-0.05, 0) is 68.7 Å². The van der Waals surface area contributed by atoms with Gasteiger partial charge in [-0.2, -0.15) is 5.01 Å². The maximum Gasteiger partial charge on any atom is 0.265 e. The maximum atomic E-state index is 13.6. The Balaban J connectivity index is 1.58. The number of thiophene rings is 1. The van der Waals surface area contributed by atoms with Crippen LogP contribution in [0.2, 0.25) is 0 Å². The van der Waals surface area contributed by atoms with Crippen LogP contribution in [0.15, 0.2) is 54.1 Å². The first kappa shape index (κ1) is 23.2. The van der Waals surface area contributed by atoms with Gasteiger partial charge < -0.3 is 14.5 Å². The number of hydrazine groups is 1. The standard InChI is InChI=1S/C24H30N6O2S/c1-17(25)32-23(26)18-6-4-7-20(16-18)29-14-11-22(28(29)3)30(19-9-12-27(2)13-10-19)24(31)21-8-5-15-33-21/h4-8,11,14-16,19,22,25-26H,9-10,12-13H2,1-3H3. The van der Waals surface area contributed by atoms with Crippen molar-refractivity contribution in [1.29, 1.82) is 10.8 Å². The van der Waals surface area contributed by atoms with Crippen LogP contribution in [-0.4, -0.2) is 71.9 Å². The average molecular weight is 467 g/mol. The molecule has 0 radical (unpaired) electrons. The molecule has 1 fully saturated rings. The molecule has 0 bridgehead atoms. The van der Waals surface area contributed by atoms with E-state index in [1.165, 1.54) is 18.3 Å². The zero-order chi connectivity index (χ0) is 23.5. The lowest BCUT2D eigenvalue weighted by Crippen LogP contribution is -2.56. The molecule has 0 saturated carbocycles. The van der Waals surface area contributed by atoms with Gasteiger partial charge in [-0.25, -0.2) is 0 Å². The van der Waals surface area contributed by atoms with E-state index in [1.807, 2.05) is 58.9 Å². The Labute approximate surface area is 198 Å². The quantitative estimate of drug-likeness (QED) is 0.517. The van der Waals surface area contributed by atoms with E-state index in [1.54, 1.807) is 6.07 Å². The Morgan fingerprint density at radius 3 is 2.58 bits per heavy atom. The van der Waals surface area contributed by atoms with Crippen molar-refractivity contribution < 1.29 is 9.53 Å². The van der Waals surface area contributed by atoms with Crippen LogP contribution in [0.25, 0.3) is 0 Å². The smallest absolute Gasteiger partial charge is 0.265 e. The minimum Gasteiger partial charge on any atom is -0.426 e. The molecule has 1 aromatic heterocycles. The maximum absolute atomic E-state index is 13.6. The molecule has 0 spiro atoms. The second kappa shape index (κ2) is 9.86. The van der Waals surface area contributed by atoms with Crippen LogP contribution in [0.4, 0.5) is 5.69 Å². The Hall–Kier alpha value is -3.01. The fraction of sp³-hybridized carbons (Fsp3) is 0.375. The van der Waals surface area contributed by atoms with Crippen molar-refractivity contribution in [2.24, 2.45) is 0 Å². The highest BCUT2D eigenvalue weighted by Gasteiger charge is 2.38. The van der Waals surface area contributed by atoms with Crippen LogP contribution in [0.3, 0.4) is 0 Å². The number of hydrogen-bond acceptors (Lipinski definition) is 8. The molecule has 3 heterocycles. The number of carbonyl (C=O) groups excluding carboxylic acids is 1. The summed E-state index contributed by atoms with van der Waals surface area (Å²) in [5, 5.41) is 21.6. The molecule has 4 rings (SSSR count). The van der Waals surface area contributed by atoms with Crippen LogP contribution < -0.4 is 5.01 Å². The zero-order valence-electron chi connectivity index (χ0n) is 19.2. The highest BCUT2D eigenvalue weighted by molar-refractivity contribution is 7.12. The van der Waals surface area contributed by atoms with E-state index in [0.717, 1.165) is 36.5 Å². The molecule has 1 saturated heterocycles. The fourth-order valence-electron chi connectivity index (χ4n) is 4.36. The lowest BCUT2D eigenvalue weighted by atomic mass is 10.0. The first-order chi connectivity index (χ1) is 15.8. The predicted molar refractivity (Wildman–Crippen MR) is 132 cm³/mol. The summed E-state index contributed by atoms with van der Waals surface area (Å²) in [6.45, 7) is 3.45. The van der Waals surface area contributed by atoms with Gasteiger partial charge in [0.05, 0.1) is 10.6 Å². The summed E-state index contributed by atoms with van der Waals surface area (Å²) in [4.78, 5) is 18.7. The summed E-state index contributed by atoms with van der Waals surface area (Å²) in [7, 11) is 4.10. The number of piperidine rings is 1. The third kappa shape index (κ3) is 5.00. The number of hydrogen-bond donors (Lipinski definition) is 2. The summed E-state index contributed by atoms with van der Waals surface area (Å²) in [5.41, 5.74) is 1.45. The molecule has 8 nitrogen and oxygen atoms in total. The first-order valence-corrected chi connectivity index (χ1v) is 11.9. The van der Waals surface area contributed by atoms with Crippen LogP contribution in [0.1, 0.15) is 35.0 Å². The van der Waals surface area contributed by atoms with Crippen LogP contribution in [-0.2, 0) is 4.74 Å². The second-order valence-electron chi connectivity index (χ2n) is 8.44. The minimum atomic E-state index is -0.212. The zero-order valence-corrected chi connectivity index (χ0v) is 20.0. The van der Waals surface area contributed by atoms with Gasteiger partial charge in [0.1, 0.15) is 6.17 Å². The van der Waals surface area contributed by atoms with Crippen molar-refractivity contribution >= 4 is 34.7 Å². The number of anilines is 1. The van der Waals surface area contributed by atoms with E-state index in [-0.39, 0.29) is 29.9 Å². The molecule has 2 aromatic rings. The number of benzene rings is 1. The first-order valence-electron chi connectivity index (χ1n) is 11.0. The van der Waals surface area contributed by atoms with Crippen molar-refractivity contribution in [3.8, 4) is 0 Å². The molecule has 2 aliphatic rings. The molecule has 1 amide bonds. The molecule has 2 N–H and O–H groups in total. The Morgan fingerprint density at radius 1 is 1.15 bits per heavy atom. The van der Waals surface area contributed by atoms with Crippen LogP contribution >= 0.6 is 11.3 Å². The number of nitrogens with one attached hydrogen (secondary N) is 2. The van der Waals surface area contributed by atoms with Gasteiger partial charge in [0.25, 0.3) is 5.91 Å². The van der Waals surface area contributed by atoms with Gasteiger partial charge in [0, 0.05) is 31.8 Å². The third-order valence-corrected chi connectivity index (χ3v) is 6.94. The lowest BCUT2D eigenvalue weighted by Gasteiger charge is -2.43. The predicted octanol–water partition coefficient (Wildman–Crippen LogP) is 3.83. The topological polar surface area (TPSA) is 87.0 Å². The number of ether oxygens (including phenoxy) is 1. The minimum absolute atomic E-state index is 0.0236. The molecule has 174 valence electrons. The van der Waals surface area contributed by atoms with Crippen molar-refractivity contribution in [1.82, 2.24) is 14.8 Å². The van der Waals surface area contributed by atoms with Crippen molar-refractivity contribution in [2.75, 3.05) is 32.2 Å². The Kier molecular flexibility index (Phi) is 6.92. The summed E-state index contributed by atoms with van der Waals surface area (Å²) < 4.78 is 5.16. The monoisotopic (exact) mass is 466 g/mol. The van der Waals surface area contributed by atoms with E-state index >= 15 is 0 Å². The summed E-state index contributed by atoms with van der Waals surface area (Å²) in [6, 6.07) is 11.4. The third-order valence-electron chi connectivity index (χ3n) is 6.08. The van der Waals surface area contributed by atoms with Crippen molar-refractivity contribution in [3.05, 3.63) is 64.5 Å². The molecule has 9 heteroatoms. The van der Waals surface area contributed by atoms with Crippen LogP contribution in [0, 0.1) is 10.8 Å². The van der Waals surface area contributed by atoms with Gasteiger partial charge in [-0.15, -0.1) is 11.3 Å². The van der Waals surface area contributed by atoms with E-state index < -0.39 is 0 Å². The van der Waals surface area contributed by atoms with E-state index in [2.05, 4.69) is 23.0 Å². The molecule has 0 aliphatic carbocycles. The number of amides is 1. The number of likely N-dealkylation sites (tertiary alicyclic amines) is 1.